The number of hydrogen-bond donors (Lipinski definition) is 3. The van der Waals surface area contributed by atoms with Crippen LogP contribution in [0.5, 0.6) is 0 Å². The van der Waals surface area contributed by atoms with Crippen LogP contribution in [-0.2, 0) is 4.12 Å². The fourth-order valence-electron chi connectivity index (χ4n) is 2.13. The molecule has 0 aromatic carbocycles. The average molecular weight is 306 g/mol. The summed E-state index contributed by atoms with van der Waals surface area (Å²) < 4.78 is 6.51. The van der Waals surface area contributed by atoms with E-state index in [9.17, 15) is 0 Å². The summed E-state index contributed by atoms with van der Waals surface area (Å²) in [6.45, 7) is 14.4. The van der Waals surface area contributed by atoms with Gasteiger partial charge in [-0.05, 0) is 58.7 Å². The summed E-state index contributed by atoms with van der Waals surface area (Å²) in [6, 6.07) is 0. The Morgan fingerprint density at radius 2 is 1.37 bits per heavy atom. The molecular weight excluding hydrogens is 270 g/mol. The van der Waals surface area contributed by atoms with Crippen molar-refractivity contribution in [2.24, 2.45) is 5.73 Å². The number of unbranched alkanes of at least 4 members (excludes halogenated alkanes) is 1. The molecule has 0 unspecified atom stereocenters. The predicted octanol–water partition coefficient (Wildman–Crippen LogP) is 1.82. The van der Waals surface area contributed by atoms with Crippen LogP contribution in [-0.4, -0.2) is 48.6 Å². The van der Waals surface area contributed by atoms with Gasteiger partial charge in [0.2, 0.25) is 0 Å². The van der Waals surface area contributed by atoms with Crippen LogP contribution in [0.25, 0.3) is 0 Å². The zero-order valence-electron chi connectivity index (χ0n) is 13.6. The van der Waals surface area contributed by atoms with E-state index in [0.29, 0.717) is 0 Å². The smallest absolute Gasteiger partial charge is 0.187 e. The van der Waals surface area contributed by atoms with Gasteiger partial charge in [0.1, 0.15) is 0 Å². The summed E-state index contributed by atoms with van der Waals surface area (Å²) in [4.78, 5) is 0. The van der Waals surface area contributed by atoms with Crippen molar-refractivity contribution in [3.8, 4) is 0 Å². The SMILES string of the molecule is CCCCNC[Si](C)(C)O[Si](C)(C)CNCCCN. The normalized spacial score (nSPS) is 12.9. The molecule has 19 heavy (non-hydrogen) atoms. The molecule has 4 N–H and O–H groups in total. The minimum Gasteiger partial charge on any atom is -0.454 e. The topological polar surface area (TPSA) is 59.3 Å². The Balaban J connectivity index is 3.93. The monoisotopic (exact) mass is 305 g/mol. The first-order valence-electron chi connectivity index (χ1n) is 7.64. The van der Waals surface area contributed by atoms with Crippen LogP contribution in [0.2, 0.25) is 26.2 Å². The molecule has 0 atom stereocenters. The fourth-order valence-corrected chi connectivity index (χ4v) is 10.2. The Labute approximate surface area is 122 Å². The molecule has 0 aliphatic heterocycles. The first kappa shape index (κ1) is 19.3. The molecule has 0 saturated carbocycles. The van der Waals surface area contributed by atoms with Crippen molar-refractivity contribution >= 4 is 16.6 Å². The van der Waals surface area contributed by atoms with E-state index in [-0.39, 0.29) is 0 Å². The van der Waals surface area contributed by atoms with E-state index in [0.717, 1.165) is 38.4 Å². The van der Waals surface area contributed by atoms with Crippen LogP contribution >= 0.6 is 0 Å². The second-order valence-electron chi connectivity index (χ2n) is 6.47. The van der Waals surface area contributed by atoms with Gasteiger partial charge >= 0.3 is 0 Å². The van der Waals surface area contributed by atoms with Crippen molar-refractivity contribution in [2.75, 3.05) is 32.0 Å². The van der Waals surface area contributed by atoms with Crippen LogP contribution in [0.4, 0.5) is 0 Å². The zero-order chi connectivity index (χ0) is 14.8. The van der Waals surface area contributed by atoms with E-state index < -0.39 is 16.6 Å². The molecule has 0 aliphatic rings. The van der Waals surface area contributed by atoms with E-state index in [2.05, 4.69) is 43.7 Å². The van der Waals surface area contributed by atoms with E-state index >= 15 is 0 Å². The molecule has 0 fully saturated rings. The quantitative estimate of drug-likeness (QED) is 0.380. The summed E-state index contributed by atoms with van der Waals surface area (Å²) in [5.74, 6) is 0. The maximum absolute atomic E-state index is 6.51. The largest absolute Gasteiger partial charge is 0.454 e. The molecule has 116 valence electrons. The molecular formula is C13H35N3OSi2. The van der Waals surface area contributed by atoms with Gasteiger partial charge in [-0.2, -0.15) is 0 Å². The maximum Gasteiger partial charge on any atom is 0.187 e. The molecule has 6 heteroatoms. The fraction of sp³-hybridized carbons (Fsp3) is 1.00. The third kappa shape index (κ3) is 11.8. The summed E-state index contributed by atoms with van der Waals surface area (Å²) in [5, 5.41) is 7.03. The lowest BCUT2D eigenvalue weighted by molar-refractivity contribution is 0.516. The number of nitrogens with two attached hydrogens (primary N) is 1. The van der Waals surface area contributed by atoms with Gasteiger partial charge in [-0.15, -0.1) is 0 Å². The number of nitrogens with one attached hydrogen (secondary N) is 2. The van der Waals surface area contributed by atoms with Crippen molar-refractivity contribution in [1.82, 2.24) is 10.6 Å². The van der Waals surface area contributed by atoms with Crippen molar-refractivity contribution in [3.63, 3.8) is 0 Å². The first-order valence-corrected chi connectivity index (χ1v) is 13.9. The Morgan fingerprint density at radius 1 is 0.895 bits per heavy atom. The number of hydrogen-bond acceptors (Lipinski definition) is 4. The lowest BCUT2D eigenvalue weighted by atomic mass is 10.3. The van der Waals surface area contributed by atoms with Crippen molar-refractivity contribution in [1.29, 1.82) is 0 Å². The molecule has 0 bridgehead atoms. The molecule has 0 spiro atoms. The molecule has 0 radical (unpaired) electrons. The highest BCUT2D eigenvalue weighted by molar-refractivity contribution is 6.85. The summed E-state index contributed by atoms with van der Waals surface area (Å²) in [5.41, 5.74) is 5.50. The molecule has 0 aliphatic carbocycles. The highest BCUT2D eigenvalue weighted by atomic mass is 28.4. The number of rotatable bonds is 12. The predicted molar refractivity (Wildman–Crippen MR) is 90.4 cm³/mol. The summed E-state index contributed by atoms with van der Waals surface area (Å²) in [6.07, 6.45) is 5.64. The van der Waals surface area contributed by atoms with Crippen LogP contribution in [0, 0.1) is 0 Å². The zero-order valence-corrected chi connectivity index (χ0v) is 15.6. The van der Waals surface area contributed by atoms with Crippen LogP contribution in [0.3, 0.4) is 0 Å². The van der Waals surface area contributed by atoms with Crippen LogP contribution in [0.15, 0.2) is 0 Å². The second kappa shape index (κ2) is 10.1. The van der Waals surface area contributed by atoms with E-state index in [4.69, 9.17) is 9.85 Å². The van der Waals surface area contributed by atoms with Crippen molar-refractivity contribution in [3.05, 3.63) is 0 Å². The van der Waals surface area contributed by atoms with Crippen LogP contribution < -0.4 is 16.4 Å². The van der Waals surface area contributed by atoms with Gasteiger partial charge in [-0.25, -0.2) is 0 Å². The van der Waals surface area contributed by atoms with E-state index in [1.54, 1.807) is 0 Å². The van der Waals surface area contributed by atoms with Gasteiger partial charge in [0.25, 0.3) is 0 Å². The summed E-state index contributed by atoms with van der Waals surface area (Å²) >= 11 is 0. The van der Waals surface area contributed by atoms with Gasteiger partial charge in [-0.3, -0.25) is 0 Å². The first-order chi connectivity index (χ1) is 8.83. The molecule has 0 aromatic heterocycles. The molecule has 0 aromatic rings. The lowest BCUT2D eigenvalue weighted by Crippen LogP contribution is -2.54. The van der Waals surface area contributed by atoms with E-state index in [1.165, 1.54) is 12.8 Å². The average Bonchev–Trinajstić information content (AvgIpc) is 2.29. The van der Waals surface area contributed by atoms with Crippen molar-refractivity contribution in [2.45, 2.75) is 52.4 Å². The molecule has 4 nitrogen and oxygen atoms in total. The maximum atomic E-state index is 6.51. The third-order valence-corrected chi connectivity index (χ3v) is 9.54. The van der Waals surface area contributed by atoms with Gasteiger partial charge in [-0.1, -0.05) is 13.3 Å². The van der Waals surface area contributed by atoms with E-state index in [1.807, 2.05) is 0 Å². The lowest BCUT2D eigenvalue weighted by Gasteiger charge is -2.34. The van der Waals surface area contributed by atoms with Gasteiger partial charge in [0.05, 0.1) is 0 Å². The van der Waals surface area contributed by atoms with Crippen LogP contribution in [0.1, 0.15) is 26.2 Å². The minimum absolute atomic E-state index is 0.761. The third-order valence-electron chi connectivity index (χ3n) is 2.92. The minimum atomic E-state index is -1.59. The molecule has 0 rings (SSSR count). The highest BCUT2D eigenvalue weighted by Crippen LogP contribution is 2.13. The highest BCUT2D eigenvalue weighted by Gasteiger charge is 2.32. The Kier molecular flexibility index (Phi) is 10.2. The van der Waals surface area contributed by atoms with Crippen molar-refractivity contribution < 1.29 is 4.12 Å². The standard InChI is InChI=1S/C13H35N3OSi2/c1-6-7-10-15-12-18(2,3)17-19(4,5)13-16-11-8-9-14/h15-16H,6-14H2,1-5H3. The Morgan fingerprint density at radius 3 is 1.79 bits per heavy atom. The molecule has 0 saturated heterocycles. The Bertz CT molecular complexity index is 204. The molecule has 0 heterocycles. The second-order valence-corrected chi connectivity index (χ2v) is 15.0. The Hall–Kier alpha value is 0.274. The van der Waals surface area contributed by atoms with Gasteiger partial charge < -0.3 is 20.5 Å². The van der Waals surface area contributed by atoms with Gasteiger partial charge in [0.15, 0.2) is 16.6 Å². The van der Waals surface area contributed by atoms with Gasteiger partial charge in [0, 0.05) is 12.3 Å². The molecule has 0 amide bonds. The summed E-state index contributed by atoms with van der Waals surface area (Å²) in [7, 11) is -3.16.